The zero-order valence-electron chi connectivity index (χ0n) is 37.7. The number of pyridine rings is 1. The van der Waals surface area contributed by atoms with E-state index in [-0.39, 0.29) is 53.9 Å². The SMILES string of the molecule is COC(=O)N[C@@H]1CC[C@@H](n2c(=O)n(C)c3cnc4[nH]c(-c5ccc(C(=O)NCCCNc6ccc7c(c6)C(=O)N(C6CCC(=O)NC6=O)C7=O)c(F)c5)c(-c5ccc6c(c5)COC6(C)C)c4c32)C1. The van der Waals surface area contributed by atoms with Crippen molar-refractivity contribution >= 4 is 63.4 Å². The van der Waals surface area contributed by atoms with Crippen molar-refractivity contribution in [3.63, 3.8) is 0 Å². The average Bonchev–Trinajstić information content (AvgIpc) is 4.12. The summed E-state index contributed by atoms with van der Waals surface area (Å²) in [5.41, 5.74) is 6.23. The van der Waals surface area contributed by atoms with Crippen LogP contribution in [0.15, 0.2) is 65.6 Å². The van der Waals surface area contributed by atoms with Gasteiger partial charge in [0.1, 0.15) is 17.5 Å². The van der Waals surface area contributed by atoms with Crippen LogP contribution in [0.25, 0.3) is 44.5 Å². The topological polar surface area (TPSA) is 228 Å². The Labute approximate surface area is 387 Å². The number of aromatic amines is 1. The maximum absolute atomic E-state index is 16.2. The highest BCUT2D eigenvalue weighted by atomic mass is 19.1. The van der Waals surface area contributed by atoms with Crippen molar-refractivity contribution < 1.29 is 42.6 Å². The molecule has 1 aliphatic carbocycles. The number of methoxy groups -OCH3 is 1. The number of H-pyrrole nitrogens is 1. The molecule has 4 aliphatic rings. The van der Waals surface area contributed by atoms with Gasteiger partial charge in [0.05, 0.1) is 64.3 Å². The maximum atomic E-state index is 16.2. The van der Waals surface area contributed by atoms with Crippen molar-refractivity contribution in [3.05, 3.63) is 105 Å². The Balaban J connectivity index is 0.892. The summed E-state index contributed by atoms with van der Waals surface area (Å²) < 4.78 is 30.5. The van der Waals surface area contributed by atoms with Gasteiger partial charge in [-0.2, -0.15) is 0 Å². The van der Waals surface area contributed by atoms with Crippen molar-refractivity contribution in [3.8, 4) is 22.4 Å². The first-order valence-electron chi connectivity index (χ1n) is 22.5. The second kappa shape index (κ2) is 16.9. The molecule has 3 atom stereocenters. The van der Waals surface area contributed by atoms with Crippen LogP contribution < -0.4 is 27.0 Å². The third-order valence-corrected chi connectivity index (χ3v) is 13.7. The van der Waals surface area contributed by atoms with E-state index in [0.29, 0.717) is 83.4 Å². The molecule has 6 amide bonds. The van der Waals surface area contributed by atoms with Gasteiger partial charge in [-0.15, -0.1) is 0 Å². The predicted molar refractivity (Wildman–Crippen MR) is 246 cm³/mol. The van der Waals surface area contributed by atoms with E-state index >= 15 is 4.39 Å². The third-order valence-electron chi connectivity index (χ3n) is 13.7. The first-order valence-corrected chi connectivity index (χ1v) is 22.5. The van der Waals surface area contributed by atoms with E-state index in [9.17, 15) is 33.6 Å². The van der Waals surface area contributed by atoms with Crippen molar-refractivity contribution in [2.24, 2.45) is 7.05 Å². The van der Waals surface area contributed by atoms with Gasteiger partial charge in [-0.05, 0) is 99.0 Å². The van der Waals surface area contributed by atoms with E-state index in [1.807, 2.05) is 26.0 Å². The van der Waals surface area contributed by atoms with Crippen molar-refractivity contribution in [2.75, 3.05) is 25.5 Å². The normalized spacial score (nSPS) is 19.7. The molecule has 6 aromatic rings. The number of carbonyl (C=O) groups is 6. The molecule has 5 N–H and O–H groups in total. The van der Waals surface area contributed by atoms with Crippen LogP contribution in [0.5, 0.6) is 0 Å². The van der Waals surface area contributed by atoms with Gasteiger partial charge in [0, 0.05) is 55.5 Å². The molecule has 3 aromatic carbocycles. The van der Waals surface area contributed by atoms with Gasteiger partial charge in [0.15, 0.2) is 0 Å². The first-order chi connectivity index (χ1) is 32.6. The molecule has 6 heterocycles. The largest absolute Gasteiger partial charge is 0.453 e. The van der Waals surface area contributed by atoms with Gasteiger partial charge in [0.25, 0.3) is 17.7 Å². The standard InChI is InChI=1S/C49H48FN9O9/c1-49(2)33-13-7-24(18-26(33)23-68-49)38-39-41-36(57(3)48(66)58(41)29-10-8-28(20-29)54-47(65)67-4)22-53-42(39)56-40(38)25-6-11-31(34(50)19-25)43(61)52-17-5-16-51-27-9-12-30-32(21-27)46(64)59(45(30)63)35-14-15-37(60)55-44(35)62/h6-7,9,11-13,18-19,21-22,28-29,35,51H,5,8,10,14-17,20,23H2,1-4H3,(H,52,61)(H,53,56)(H,54,65)(H,55,60,62)/t28-,29-,35?/m1/s1. The quantitative estimate of drug-likeness (QED) is 0.0801. The number of benzene rings is 3. The fourth-order valence-corrected chi connectivity index (χ4v) is 10.2. The van der Waals surface area contributed by atoms with Crippen LogP contribution in [0.2, 0.25) is 0 Å². The number of aryl methyl sites for hydroxylation is 1. The van der Waals surface area contributed by atoms with Crippen molar-refractivity contribution in [2.45, 2.75) is 82.7 Å². The van der Waals surface area contributed by atoms with Crippen LogP contribution in [0.1, 0.15) is 101 Å². The Bertz CT molecular complexity index is 3220. The molecular weight excluding hydrogens is 878 g/mol. The number of fused-ring (bicyclic) bond motifs is 5. The fourth-order valence-electron chi connectivity index (χ4n) is 10.2. The molecule has 0 spiro atoms. The van der Waals surface area contributed by atoms with E-state index in [1.165, 1.54) is 31.4 Å². The summed E-state index contributed by atoms with van der Waals surface area (Å²) in [4.78, 5) is 99.1. The molecule has 18 nitrogen and oxygen atoms in total. The number of hydrogen-bond donors (Lipinski definition) is 5. The highest BCUT2D eigenvalue weighted by molar-refractivity contribution is 6.24. The Kier molecular flexibility index (Phi) is 11.0. The number of anilines is 1. The Hall–Kier alpha value is -7.67. The summed E-state index contributed by atoms with van der Waals surface area (Å²) in [5, 5.41) is 11.7. The molecule has 2 fully saturated rings. The van der Waals surface area contributed by atoms with Crippen LogP contribution in [0.3, 0.4) is 0 Å². The van der Waals surface area contributed by atoms with E-state index in [1.54, 1.807) is 34.5 Å². The van der Waals surface area contributed by atoms with Gasteiger partial charge in [-0.1, -0.05) is 18.2 Å². The number of amides is 6. The van der Waals surface area contributed by atoms with Crippen LogP contribution in [-0.2, 0) is 38.3 Å². The predicted octanol–water partition coefficient (Wildman–Crippen LogP) is 5.54. The maximum Gasteiger partial charge on any atom is 0.407 e. The fraction of sp³-hybridized carbons (Fsp3) is 0.347. The van der Waals surface area contributed by atoms with Crippen LogP contribution in [-0.4, -0.2) is 91.9 Å². The van der Waals surface area contributed by atoms with E-state index in [4.69, 9.17) is 14.5 Å². The Morgan fingerprint density at radius 3 is 2.53 bits per heavy atom. The number of nitrogens with one attached hydrogen (secondary N) is 5. The zero-order chi connectivity index (χ0) is 47.8. The number of halogens is 1. The molecule has 0 bridgehead atoms. The molecule has 1 saturated heterocycles. The summed E-state index contributed by atoms with van der Waals surface area (Å²) in [6.45, 7) is 4.97. The monoisotopic (exact) mass is 925 g/mol. The number of rotatable bonds is 11. The minimum Gasteiger partial charge on any atom is -0.453 e. The van der Waals surface area contributed by atoms with Gasteiger partial charge in [-0.3, -0.25) is 43.3 Å². The number of piperidine rings is 1. The Morgan fingerprint density at radius 2 is 1.75 bits per heavy atom. The minimum absolute atomic E-state index is 0.0213. The number of hydrogen-bond acceptors (Lipinski definition) is 11. The highest BCUT2D eigenvalue weighted by Crippen LogP contribution is 2.45. The van der Waals surface area contributed by atoms with Crippen LogP contribution >= 0.6 is 0 Å². The smallest absolute Gasteiger partial charge is 0.407 e. The van der Waals surface area contributed by atoms with E-state index in [0.717, 1.165) is 21.6 Å². The zero-order valence-corrected chi connectivity index (χ0v) is 37.7. The number of alkyl carbamates (subject to hydrolysis) is 1. The van der Waals surface area contributed by atoms with Gasteiger partial charge in [-0.25, -0.2) is 19.0 Å². The number of carbonyl (C=O) groups excluding carboxylic acids is 6. The molecule has 10 rings (SSSR count). The highest BCUT2D eigenvalue weighted by Gasteiger charge is 2.45. The molecule has 350 valence electrons. The lowest BCUT2D eigenvalue weighted by Crippen LogP contribution is -2.54. The number of imidazole rings is 1. The lowest BCUT2D eigenvalue weighted by atomic mass is 9.91. The van der Waals surface area contributed by atoms with Gasteiger partial charge >= 0.3 is 11.8 Å². The van der Waals surface area contributed by atoms with E-state index < -0.39 is 53.1 Å². The van der Waals surface area contributed by atoms with Crippen LogP contribution in [0, 0.1) is 5.82 Å². The summed E-state index contributed by atoms with van der Waals surface area (Å²) in [7, 11) is 3.02. The molecule has 0 radical (unpaired) electrons. The average molecular weight is 926 g/mol. The molecule has 1 saturated carbocycles. The molecule has 3 aromatic heterocycles. The van der Waals surface area contributed by atoms with Crippen LogP contribution in [0.4, 0.5) is 14.9 Å². The van der Waals surface area contributed by atoms with Crippen molar-refractivity contribution in [1.82, 2.24) is 40.0 Å². The molecule has 68 heavy (non-hydrogen) atoms. The number of nitrogens with zero attached hydrogens (tertiary/aromatic N) is 4. The molecule has 1 unspecified atom stereocenters. The number of aromatic nitrogens is 4. The summed E-state index contributed by atoms with van der Waals surface area (Å²) in [6, 6.07) is 13.7. The molecule has 3 aliphatic heterocycles. The Morgan fingerprint density at radius 1 is 0.956 bits per heavy atom. The second-order valence-electron chi connectivity index (χ2n) is 18.2. The summed E-state index contributed by atoms with van der Waals surface area (Å²) in [6.07, 6.45) is 3.41. The number of imide groups is 2. The summed E-state index contributed by atoms with van der Waals surface area (Å²) >= 11 is 0. The lowest BCUT2D eigenvalue weighted by molar-refractivity contribution is -0.136. The van der Waals surface area contributed by atoms with Crippen molar-refractivity contribution in [1.29, 1.82) is 0 Å². The second-order valence-corrected chi connectivity index (χ2v) is 18.2. The molecular formula is C49H48FN9O9. The van der Waals surface area contributed by atoms with Gasteiger partial charge in [0.2, 0.25) is 11.8 Å². The number of ether oxygens (including phenoxy) is 2. The minimum atomic E-state index is -1.07. The molecule has 19 heteroatoms. The lowest BCUT2D eigenvalue weighted by Gasteiger charge is -2.27. The summed E-state index contributed by atoms with van der Waals surface area (Å²) in [5.74, 6) is -3.72. The van der Waals surface area contributed by atoms with E-state index in [2.05, 4.69) is 32.3 Å². The van der Waals surface area contributed by atoms with Gasteiger partial charge < -0.3 is 30.4 Å². The first kappa shape index (κ1) is 44.2. The third kappa shape index (κ3) is 7.46.